The minimum Gasteiger partial charge on any atom is -0.353 e. The molecule has 0 aliphatic carbocycles. The van der Waals surface area contributed by atoms with E-state index in [9.17, 15) is 9.18 Å². The summed E-state index contributed by atoms with van der Waals surface area (Å²) in [7, 11) is 1.66. The fraction of sp³-hybridized carbons (Fsp3) is 0.0833. The van der Waals surface area contributed by atoms with Gasteiger partial charge in [0, 0.05) is 28.6 Å². The Morgan fingerprint density at radius 2 is 2.06 bits per heavy atom. The molecule has 0 radical (unpaired) electrons. The first-order chi connectivity index (χ1) is 8.06. The van der Waals surface area contributed by atoms with Gasteiger partial charge in [-0.15, -0.1) is 0 Å². The van der Waals surface area contributed by atoms with Gasteiger partial charge >= 0.3 is 0 Å². The highest BCUT2D eigenvalue weighted by atomic mass is 127. The lowest BCUT2D eigenvalue weighted by atomic mass is 10.3. The summed E-state index contributed by atoms with van der Waals surface area (Å²) in [6, 6.07) is 8.03. The molecule has 0 fully saturated rings. The summed E-state index contributed by atoms with van der Waals surface area (Å²) in [6.07, 6.45) is 1.63. The Morgan fingerprint density at radius 1 is 1.29 bits per heavy atom. The van der Waals surface area contributed by atoms with Gasteiger partial charge in [-0.2, -0.15) is 0 Å². The number of nitrogens with zero attached hydrogens (tertiary/aromatic N) is 1. The second-order valence-corrected chi connectivity index (χ2v) is 4.86. The summed E-state index contributed by atoms with van der Waals surface area (Å²) in [4.78, 5) is 11.4. The molecule has 5 heteroatoms. The largest absolute Gasteiger partial charge is 0.353 e. The van der Waals surface area contributed by atoms with E-state index in [1.54, 1.807) is 31.4 Å². The van der Waals surface area contributed by atoms with Crippen LogP contribution in [0, 0.1) is 9.39 Å². The molecule has 2 aromatic rings. The normalized spacial score (nSPS) is 10.3. The maximum absolute atomic E-state index is 13.6. The van der Waals surface area contributed by atoms with Gasteiger partial charge in [-0.3, -0.25) is 4.79 Å². The molecule has 1 aromatic carbocycles. The molecule has 0 aliphatic rings. The zero-order valence-corrected chi connectivity index (χ0v) is 11.2. The number of anilines is 2. The van der Waals surface area contributed by atoms with Crippen LogP contribution >= 0.6 is 22.6 Å². The van der Waals surface area contributed by atoms with Crippen molar-refractivity contribution < 1.29 is 4.39 Å². The third kappa shape index (κ3) is 2.85. The number of rotatable bonds is 2. The lowest BCUT2D eigenvalue weighted by Crippen LogP contribution is -2.14. The Hall–Kier alpha value is -1.37. The van der Waals surface area contributed by atoms with Crippen molar-refractivity contribution in [3.8, 4) is 0 Å². The van der Waals surface area contributed by atoms with E-state index in [1.165, 1.54) is 16.7 Å². The van der Waals surface area contributed by atoms with Crippen LogP contribution in [0.4, 0.5) is 15.8 Å². The van der Waals surface area contributed by atoms with Crippen molar-refractivity contribution in [2.45, 2.75) is 0 Å². The SMILES string of the molecule is Cn1ccc(Nc2ccc(I)cc2F)cc1=O. The van der Waals surface area contributed by atoms with E-state index in [-0.39, 0.29) is 11.4 Å². The van der Waals surface area contributed by atoms with Gasteiger partial charge in [-0.05, 0) is 46.9 Å². The maximum Gasteiger partial charge on any atom is 0.252 e. The summed E-state index contributed by atoms with van der Waals surface area (Å²) < 4.78 is 15.8. The number of halogens is 2. The highest BCUT2D eigenvalue weighted by molar-refractivity contribution is 14.1. The summed E-state index contributed by atoms with van der Waals surface area (Å²) in [5, 5.41) is 2.88. The number of hydrogen-bond donors (Lipinski definition) is 1. The summed E-state index contributed by atoms with van der Waals surface area (Å²) in [5.41, 5.74) is 0.799. The van der Waals surface area contributed by atoms with Crippen LogP contribution in [0.5, 0.6) is 0 Å². The van der Waals surface area contributed by atoms with Crippen LogP contribution in [0.3, 0.4) is 0 Å². The first-order valence-electron chi connectivity index (χ1n) is 4.95. The van der Waals surface area contributed by atoms with Crippen molar-refractivity contribution in [2.75, 3.05) is 5.32 Å². The minimum atomic E-state index is -0.336. The van der Waals surface area contributed by atoms with E-state index < -0.39 is 0 Å². The summed E-state index contributed by atoms with van der Waals surface area (Å²) in [5.74, 6) is -0.336. The predicted octanol–water partition coefficient (Wildman–Crippen LogP) is 2.87. The second-order valence-electron chi connectivity index (χ2n) is 3.61. The zero-order chi connectivity index (χ0) is 12.4. The van der Waals surface area contributed by atoms with Gasteiger partial charge in [0.2, 0.25) is 0 Å². The predicted molar refractivity (Wildman–Crippen MR) is 74.1 cm³/mol. The third-order valence-corrected chi connectivity index (χ3v) is 2.99. The number of nitrogens with one attached hydrogen (secondary N) is 1. The zero-order valence-electron chi connectivity index (χ0n) is 9.08. The van der Waals surface area contributed by atoms with E-state index in [0.29, 0.717) is 11.4 Å². The molecule has 17 heavy (non-hydrogen) atoms. The Balaban J connectivity index is 2.31. The number of aromatic nitrogens is 1. The lowest BCUT2D eigenvalue weighted by molar-refractivity contribution is 0.631. The summed E-state index contributed by atoms with van der Waals surface area (Å²) >= 11 is 2.04. The van der Waals surface area contributed by atoms with E-state index in [2.05, 4.69) is 5.32 Å². The van der Waals surface area contributed by atoms with Gasteiger partial charge in [0.1, 0.15) is 5.82 Å². The molecule has 0 atom stereocenters. The van der Waals surface area contributed by atoms with Crippen molar-refractivity contribution in [3.63, 3.8) is 0 Å². The molecule has 0 unspecified atom stereocenters. The smallest absolute Gasteiger partial charge is 0.252 e. The molecule has 0 amide bonds. The van der Waals surface area contributed by atoms with Crippen LogP contribution in [0.2, 0.25) is 0 Å². The van der Waals surface area contributed by atoms with Crippen LogP contribution in [0.15, 0.2) is 41.3 Å². The topological polar surface area (TPSA) is 34.0 Å². The minimum absolute atomic E-state index is 0.138. The molecule has 1 N–H and O–H groups in total. The lowest BCUT2D eigenvalue weighted by Gasteiger charge is -2.08. The van der Waals surface area contributed by atoms with Gasteiger partial charge < -0.3 is 9.88 Å². The fourth-order valence-corrected chi connectivity index (χ4v) is 1.83. The average Bonchev–Trinajstić information content (AvgIpc) is 2.27. The van der Waals surface area contributed by atoms with Crippen LogP contribution < -0.4 is 10.9 Å². The highest BCUT2D eigenvalue weighted by Crippen LogP contribution is 2.20. The molecular weight excluding hydrogens is 334 g/mol. The standard InChI is InChI=1S/C12H10FIN2O/c1-16-5-4-9(7-12(16)17)15-11-3-2-8(14)6-10(11)13/h2-7,15H,1H3. The number of benzene rings is 1. The Bertz CT molecular complexity index is 610. The molecule has 0 saturated carbocycles. The monoisotopic (exact) mass is 344 g/mol. The number of aryl methyl sites for hydroxylation is 1. The molecule has 2 rings (SSSR count). The average molecular weight is 344 g/mol. The van der Waals surface area contributed by atoms with Crippen LogP contribution in [-0.4, -0.2) is 4.57 Å². The molecule has 0 spiro atoms. The number of hydrogen-bond acceptors (Lipinski definition) is 2. The van der Waals surface area contributed by atoms with E-state index >= 15 is 0 Å². The Labute approximate surface area is 111 Å². The molecule has 1 heterocycles. The van der Waals surface area contributed by atoms with Gasteiger partial charge in [-0.25, -0.2) is 4.39 Å². The molecule has 3 nitrogen and oxygen atoms in total. The van der Waals surface area contributed by atoms with Crippen molar-refractivity contribution in [1.82, 2.24) is 4.57 Å². The van der Waals surface area contributed by atoms with E-state index in [1.807, 2.05) is 22.6 Å². The van der Waals surface area contributed by atoms with Gasteiger partial charge in [0.15, 0.2) is 0 Å². The van der Waals surface area contributed by atoms with E-state index in [4.69, 9.17) is 0 Å². The molecule has 0 bridgehead atoms. The Morgan fingerprint density at radius 3 is 2.71 bits per heavy atom. The van der Waals surface area contributed by atoms with Gasteiger partial charge in [0.05, 0.1) is 5.69 Å². The third-order valence-electron chi connectivity index (χ3n) is 2.31. The molecule has 1 aromatic heterocycles. The van der Waals surface area contributed by atoms with Gasteiger partial charge in [-0.1, -0.05) is 0 Å². The molecular formula is C12H10FIN2O. The summed E-state index contributed by atoms with van der Waals surface area (Å²) in [6.45, 7) is 0. The van der Waals surface area contributed by atoms with Crippen molar-refractivity contribution in [2.24, 2.45) is 7.05 Å². The van der Waals surface area contributed by atoms with Gasteiger partial charge in [0.25, 0.3) is 5.56 Å². The number of pyridine rings is 1. The van der Waals surface area contributed by atoms with Crippen LogP contribution in [-0.2, 0) is 7.05 Å². The highest BCUT2D eigenvalue weighted by Gasteiger charge is 2.03. The van der Waals surface area contributed by atoms with Crippen LogP contribution in [0.25, 0.3) is 0 Å². The first kappa shape index (κ1) is 12.1. The fourth-order valence-electron chi connectivity index (χ4n) is 1.37. The van der Waals surface area contributed by atoms with Crippen LogP contribution in [0.1, 0.15) is 0 Å². The first-order valence-corrected chi connectivity index (χ1v) is 6.03. The van der Waals surface area contributed by atoms with Crippen molar-refractivity contribution in [3.05, 3.63) is 56.3 Å². The van der Waals surface area contributed by atoms with Crippen molar-refractivity contribution >= 4 is 34.0 Å². The Kier molecular flexibility index (Phi) is 3.46. The second kappa shape index (κ2) is 4.87. The van der Waals surface area contributed by atoms with E-state index in [0.717, 1.165) is 3.57 Å². The maximum atomic E-state index is 13.6. The van der Waals surface area contributed by atoms with Crippen molar-refractivity contribution in [1.29, 1.82) is 0 Å². The molecule has 88 valence electrons. The molecule has 0 saturated heterocycles. The quantitative estimate of drug-likeness (QED) is 0.851. The molecule has 0 aliphatic heterocycles.